The summed E-state index contributed by atoms with van der Waals surface area (Å²) in [5.74, 6) is 0.676. The summed E-state index contributed by atoms with van der Waals surface area (Å²) in [5.41, 5.74) is 0. The molecule has 1 nitrogen and oxygen atoms in total. The SMILES string of the molecule is CC(C)C[O][Ti].Cl.Cl.Cl. The molecule has 0 N–H and O–H groups in total. The molecule has 0 aromatic heterocycles. The molecular weight excluding hydrogens is 218 g/mol. The average Bonchev–Trinajstić information content (AvgIpc) is 1.35. The van der Waals surface area contributed by atoms with Crippen molar-refractivity contribution in [3.05, 3.63) is 0 Å². The molecule has 59 valence electrons. The van der Waals surface area contributed by atoms with Crippen LogP contribution in [0, 0.1) is 5.92 Å². The van der Waals surface area contributed by atoms with Gasteiger partial charge in [0.25, 0.3) is 0 Å². The van der Waals surface area contributed by atoms with E-state index in [9.17, 15) is 0 Å². The average molecular weight is 230 g/mol. The van der Waals surface area contributed by atoms with Crippen LogP contribution in [-0.4, -0.2) is 6.61 Å². The summed E-state index contributed by atoms with van der Waals surface area (Å²) in [5, 5.41) is 0. The van der Waals surface area contributed by atoms with Crippen LogP contribution in [-0.2, 0) is 24.1 Å². The number of hydrogen-bond acceptors (Lipinski definition) is 1. The Labute approximate surface area is 87.4 Å². The molecule has 0 amide bonds. The molecule has 0 aromatic rings. The van der Waals surface area contributed by atoms with E-state index in [-0.39, 0.29) is 37.2 Å². The van der Waals surface area contributed by atoms with Gasteiger partial charge in [-0.15, -0.1) is 37.2 Å². The van der Waals surface area contributed by atoms with E-state index in [1.807, 2.05) is 0 Å². The van der Waals surface area contributed by atoms with Crippen molar-refractivity contribution in [2.24, 2.45) is 5.92 Å². The Morgan fingerprint density at radius 2 is 1.56 bits per heavy atom. The molecule has 0 fully saturated rings. The van der Waals surface area contributed by atoms with E-state index in [0.29, 0.717) is 5.92 Å². The normalized spacial score (nSPS) is 6.44. The maximum Gasteiger partial charge on any atom is -0.147 e. The predicted molar refractivity (Wildman–Crippen MR) is 42.5 cm³/mol. The molecule has 0 atom stereocenters. The molecule has 0 heterocycles. The van der Waals surface area contributed by atoms with Crippen LogP contribution in [0.4, 0.5) is 0 Å². The first kappa shape index (κ1) is 22.4. The second kappa shape index (κ2) is 16.3. The van der Waals surface area contributed by atoms with Crippen molar-refractivity contribution in [1.82, 2.24) is 0 Å². The summed E-state index contributed by atoms with van der Waals surface area (Å²) in [6.07, 6.45) is 0. The van der Waals surface area contributed by atoms with E-state index in [4.69, 9.17) is 3.32 Å². The van der Waals surface area contributed by atoms with Gasteiger partial charge in [-0.25, -0.2) is 0 Å². The molecule has 0 aliphatic heterocycles. The molecule has 0 bridgehead atoms. The van der Waals surface area contributed by atoms with Gasteiger partial charge in [-0.05, 0) is 0 Å². The monoisotopic (exact) mass is 229 g/mol. The fourth-order valence-corrected chi connectivity index (χ4v) is 0.687. The van der Waals surface area contributed by atoms with Crippen molar-refractivity contribution in [3.63, 3.8) is 0 Å². The zero-order chi connectivity index (χ0) is 4.99. The van der Waals surface area contributed by atoms with Gasteiger partial charge in [0.2, 0.25) is 0 Å². The van der Waals surface area contributed by atoms with Crippen molar-refractivity contribution >= 4 is 37.2 Å². The topological polar surface area (TPSA) is 9.23 Å². The molecule has 0 unspecified atom stereocenters. The molecule has 0 spiro atoms. The minimum absolute atomic E-state index is 0. The molecule has 0 aliphatic rings. The van der Waals surface area contributed by atoms with Gasteiger partial charge in [-0.3, -0.25) is 0 Å². The number of rotatable bonds is 2. The molecule has 0 saturated carbocycles. The standard InChI is InChI=1S/C4H9O.3ClH.Ti/c1-4(2)3-5;;;;/h4H,3H2,1-2H3;3*1H;/q-1;;;;+1. The van der Waals surface area contributed by atoms with Crippen LogP contribution < -0.4 is 0 Å². The molecular formula is C4H12Cl3OTi. The van der Waals surface area contributed by atoms with Crippen molar-refractivity contribution in [1.29, 1.82) is 0 Å². The molecule has 0 aromatic carbocycles. The van der Waals surface area contributed by atoms with Gasteiger partial charge in [-0.2, -0.15) is 0 Å². The summed E-state index contributed by atoms with van der Waals surface area (Å²) in [7, 11) is 0. The van der Waals surface area contributed by atoms with Gasteiger partial charge in [0.15, 0.2) is 0 Å². The summed E-state index contributed by atoms with van der Waals surface area (Å²) in [6.45, 7) is 5.13. The van der Waals surface area contributed by atoms with Crippen LogP contribution in [0.25, 0.3) is 0 Å². The quantitative estimate of drug-likeness (QED) is 0.662. The number of halogens is 3. The first-order valence-corrected chi connectivity index (χ1v) is 2.69. The molecule has 9 heavy (non-hydrogen) atoms. The third kappa shape index (κ3) is 26.3. The van der Waals surface area contributed by atoms with Gasteiger partial charge in [0.05, 0.1) is 0 Å². The second-order valence-corrected chi connectivity index (χ2v) is 2.16. The molecule has 0 radical (unpaired) electrons. The zero-order valence-electron chi connectivity index (χ0n) is 5.42. The van der Waals surface area contributed by atoms with Crippen molar-refractivity contribution in [3.8, 4) is 0 Å². The molecule has 0 saturated heterocycles. The van der Waals surface area contributed by atoms with Gasteiger partial charge in [-0.1, -0.05) is 0 Å². The summed E-state index contributed by atoms with van der Waals surface area (Å²) < 4.78 is 4.80. The Bertz CT molecular complexity index is 37.0. The van der Waals surface area contributed by atoms with E-state index in [2.05, 4.69) is 13.8 Å². The van der Waals surface area contributed by atoms with E-state index in [1.165, 1.54) is 0 Å². The van der Waals surface area contributed by atoms with Crippen LogP contribution in [0.1, 0.15) is 13.8 Å². The van der Waals surface area contributed by atoms with E-state index in [1.54, 1.807) is 20.8 Å². The maximum atomic E-state index is 4.80. The zero-order valence-corrected chi connectivity index (χ0v) is 9.43. The molecule has 0 rings (SSSR count). The molecule has 0 aliphatic carbocycles. The fraction of sp³-hybridized carbons (Fsp3) is 1.00. The van der Waals surface area contributed by atoms with E-state index >= 15 is 0 Å². The van der Waals surface area contributed by atoms with Crippen LogP contribution >= 0.6 is 37.2 Å². The Balaban J connectivity index is -0.0000000417. The van der Waals surface area contributed by atoms with Gasteiger partial charge in [0.1, 0.15) is 0 Å². The van der Waals surface area contributed by atoms with Gasteiger partial charge < -0.3 is 0 Å². The summed E-state index contributed by atoms with van der Waals surface area (Å²) >= 11 is 1.72. The maximum absolute atomic E-state index is 4.80. The Morgan fingerprint density at radius 1 is 1.22 bits per heavy atom. The van der Waals surface area contributed by atoms with Gasteiger partial charge in [0, 0.05) is 0 Å². The van der Waals surface area contributed by atoms with Crippen molar-refractivity contribution in [2.75, 3.05) is 6.61 Å². The van der Waals surface area contributed by atoms with Crippen molar-refractivity contribution < 1.29 is 24.1 Å². The third-order valence-corrected chi connectivity index (χ3v) is 0.677. The smallest absolute Gasteiger partial charge is 0.147 e. The van der Waals surface area contributed by atoms with Crippen LogP contribution in [0.2, 0.25) is 0 Å². The van der Waals surface area contributed by atoms with E-state index < -0.39 is 0 Å². The van der Waals surface area contributed by atoms with E-state index in [0.717, 1.165) is 6.61 Å². The summed E-state index contributed by atoms with van der Waals surface area (Å²) in [6, 6.07) is 0. The van der Waals surface area contributed by atoms with Crippen LogP contribution in [0.15, 0.2) is 0 Å². The Hall–Kier alpha value is 1.54. The van der Waals surface area contributed by atoms with Crippen LogP contribution in [0.5, 0.6) is 0 Å². The largest absolute Gasteiger partial charge is 0.147 e. The number of hydrogen-bond donors (Lipinski definition) is 0. The first-order valence-electron chi connectivity index (χ1n) is 2.06. The van der Waals surface area contributed by atoms with Crippen molar-refractivity contribution in [2.45, 2.75) is 13.8 Å². The second-order valence-electron chi connectivity index (χ2n) is 1.70. The third-order valence-electron chi connectivity index (χ3n) is 0.417. The Morgan fingerprint density at radius 3 is 1.56 bits per heavy atom. The Kier molecular flexibility index (Phi) is 40.5. The minimum atomic E-state index is 0. The minimum Gasteiger partial charge on any atom is -0.147 e. The van der Waals surface area contributed by atoms with Crippen LogP contribution in [0.3, 0.4) is 0 Å². The summed E-state index contributed by atoms with van der Waals surface area (Å²) in [4.78, 5) is 0. The van der Waals surface area contributed by atoms with Gasteiger partial charge >= 0.3 is 50.5 Å². The first-order chi connectivity index (χ1) is 2.77. The molecule has 5 heteroatoms. The fourth-order valence-electron chi connectivity index (χ4n) is 0.167. The predicted octanol–water partition coefficient (Wildman–Crippen LogP) is 2.39.